The SMILES string of the molecule is CC(CS(C)=O)NS(=O)(=O)c1cc(C(=O)O)n(C2CC2)c1. The molecule has 21 heavy (non-hydrogen) atoms. The third-order valence-corrected chi connectivity index (χ3v) is 5.66. The maximum absolute atomic E-state index is 12.2. The van der Waals surface area contributed by atoms with Crippen LogP contribution < -0.4 is 4.72 Å². The van der Waals surface area contributed by atoms with Gasteiger partial charge in [-0.2, -0.15) is 0 Å². The van der Waals surface area contributed by atoms with E-state index in [4.69, 9.17) is 5.11 Å². The third-order valence-electron chi connectivity index (χ3n) is 3.13. The molecule has 1 fully saturated rings. The summed E-state index contributed by atoms with van der Waals surface area (Å²) in [4.78, 5) is 11.1. The first-order valence-electron chi connectivity index (χ1n) is 6.48. The molecule has 0 radical (unpaired) electrons. The lowest BCUT2D eigenvalue weighted by Gasteiger charge is -2.11. The maximum Gasteiger partial charge on any atom is 0.352 e. The fourth-order valence-corrected chi connectivity index (χ4v) is 4.31. The number of carbonyl (C=O) groups is 1. The van der Waals surface area contributed by atoms with Crippen LogP contribution in [0.4, 0.5) is 0 Å². The van der Waals surface area contributed by atoms with Crippen molar-refractivity contribution in [1.82, 2.24) is 9.29 Å². The first-order chi connectivity index (χ1) is 9.70. The molecule has 0 spiro atoms. The second-order valence-electron chi connectivity index (χ2n) is 5.27. The molecule has 1 aliphatic rings. The summed E-state index contributed by atoms with van der Waals surface area (Å²) in [7, 11) is -4.93. The van der Waals surface area contributed by atoms with E-state index in [0.29, 0.717) is 0 Å². The lowest BCUT2D eigenvalue weighted by atomic mass is 10.4. The van der Waals surface area contributed by atoms with Crippen LogP contribution in [0.5, 0.6) is 0 Å². The maximum atomic E-state index is 12.2. The van der Waals surface area contributed by atoms with Crippen LogP contribution in [0.2, 0.25) is 0 Å². The van der Waals surface area contributed by atoms with Gasteiger partial charge in [0.25, 0.3) is 0 Å². The molecule has 0 saturated heterocycles. The molecule has 1 aromatic heterocycles. The zero-order chi connectivity index (χ0) is 15.8. The van der Waals surface area contributed by atoms with Crippen LogP contribution in [0.3, 0.4) is 0 Å². The van der Waals surface area contributed by atoms with Gasteiger partial charge in [0, 0.05) is 41.1 Å². The average Bonchev–Trinajstić information content (AvgIpc) is 3.04. The number of nitrogens with zero attached hydrogens (tertiary/aromatic N) is 1. The Bertz CT molecular complexity index is 676. The van der Waals surface area contributed by atoms with Crippen LogP contribution in [0.15, 0.2) is 17.2 Å². The summed E-state index contributed by atoms with van der Waals surface area (Å²) in [5, 5.41) is 9.15. The second kappa shape index (κ2) is 5.90. The van der Waals surface area contributed by atoms with Crippen molar-refractivity contribution in [3.05, 3.63) is 18.0 Å². The van der Waals surface area contributed by atoms with Crippen LogP contribution in [-0.4, -0.2) is 46.3 Å². The molecule has 1 heterocycles. The lowest BCUT2D eigenvalue weighted by molar-refractivity contribution is 0.0685. The average molecular weight is 334 g/mol. The van der Waals surface area contributed by atoms with Gasteiger partial charge in [-0.25, -0.2) is 17.9 Å². The van der Waals surface area contributed by atoms with E-state index in [0.717, 1.165) is 12.8 Å². The van der Waals surface area contributed by atoms with Crippen molar-refractivity contribution in [3.8, 4) is 0 Å². The van der Waals surface area contributed by atoms with E-state index in [2.05, 4.69) is 4.72 Å². The minimum Gasteiger partial charge on any atom is -0.477 e. The van der Waals surface area contributed by atoms with Gasteiger partial charge in [-0.15, -0.1) is 0 Å². The molecule has 7 nitrogen and oxygen atoms in total. The number of carboxylic acids is 1. The summed E-state index contributed by atoms with van der Waals surface area (Å²) in [6.45, 7) is 1.62. The van der Waals surface area contributed by atoms with Gasteiger partial charge in [-0.1, -0.05) is 0 Å². The summed E-state index contributed by atoms with van der Waals surface area (Å²) in [6, 6.07) is 0.748. The molecule has 0 amide bonds. The van der Waals surface area contributed by atoms with E-state index in [9.17, 15) is 17.4 Å². The topological polar surface area (TPSA) is 105 Å². The van der Waals surface area contributed by atoms with Gasteiger partial charge >= 0.3 is 5.97 Å². The van der Waals surface area contributed by atoms with Gasteiger partial charge < -0.3 is 9.67 Å². The smallest absolute Gasteiger partial charge is 0.352 e. The first kappa shape index (κ1) is 16.2. The predicted molar refractivity (Wildman–Crippen MR) is 78.4 cm³/mol. The van der Waals surface area contributed by atoms with Gasteiger partial charge in [-0.05, 0) is 25.8 Å². The van der Waals surface area contributed by atoms with E-state index < -0.39 is 32.8 Å². The van der Waals surface area contributed by atoms with Gasteiger partial charge in [0.15, 0.2) is 0 Å². The molecule has 118 valence electrons. The normalized spacial score (nSPS) is 18.4. The number of aromatic nitrogens is 1. The fraction of sp³-hybridized carbons (Fsp3) is 0.583. The third kappa shape index (κ3) is 3.92. The largest absolute Gasteiger partial charge is 0.477 e. The Morgan fingerprint density at radius 2 is 2.19 bits per heavy atom. The minimum absolute atomic E-state index is 0.0235. The highest BCUT2D eigenvalue weighted by Crippen LogP contribution is 2.37. The van der Waals surface area contributed by atoms with Crippen molar-refractivity contribution in [2.75, 3.05) is 12.0 Å². The summed E-state index contributed by atoms with van der Waals surface area (Å²) in [5.41, 5.74) is -0.0235. The zero-order valence-electron chi connectivity index (χ0n) is 11.8. The Labute approximate surface area is 125 Å². The molecule has 0 aromatic carbocycles. The van der Waals surface area contributed by atoms with E-state index >= 15 is 0 Å². The standard InChI is InChI=1S/C12H18N2O5S2/c1-8(7-20(2)17)13-21(18,19)10-5-11(12(15)16)14(6-10)9-3-4-9/h5-6,8-9,13H,3-4,7H2,1-2H3,(H,15,16). The van der Waals surface area contributed by atoms with Crippen LogP contribution in [-0.2, 0) is 20.8 Å². The van der Waals surface area contributed by atoms with E-state index in [1.165, 1.54) is 23.1 Å². The molecular weight excluding hydrogens is 316 g/mol. The van der Waals surface area contributed by atoms with E-state index in [1.54, 1.807) is 6.92 Å². The predicted octanol–water partition coefficient (Wildman–Crippen LogP) is 0.566. The zero-order valence-corrected chi connectivity index (χ0v) is 13.4. The van der Waals surface area contributed by atoms with Crippen molar-refractivity contribution in [1.29, 1.82) is 0 Å². The molecule has 0 aliphatic heterocycles. The van der Waals surface area contributed by atoms with Crippen molar-refractivity contribution in [2.45, 2.75) is 36.7 Å². The highest BCUT2D eigenvalue weighted by Gasteiger charge is 2.30. The lowest BCUT2D eigenvalue weighted by Crippen LogP contribution is -2.36. The second-order valence-corrected chi connectivity index (χ2v) is 8.46. The molecule has 2 rings (SSSR count). The highest BCUT2D eigenvalue weighted by atomic mass is 32.2. The van der Waals surface area contributed by atoms with E-state index in [1.807, 2.05) is 0 Å². The summed E-state index contributed by atoms with van der Waals surface area (Å²) < 4.78 is 39.5. The number of hydrogen-bond acceptors (Lipinski definition) is 4. The molecule has 9 heteroatoms. The molecule has 2 atom stereocenters. The number of aromatic carboxylic acids is 1. The first-order valence-corrected chi connectivity index (χ1v) is 9.69. The summed E-state index contributed by atoms with van der Waals surface area (Å²) >= 11 is 0. The van der Waals surface area contributed by atoms with Gasteiger partial charge in [0.1, 0.15) is 10.6 Å². The highest BCUT2D eigenvalue weighted by molar-refractivity contribution is 7.89. The quantitative estimate of drug-likeness (QED) is 0.758. The molecular formula is C12H18N2O5S2. The summed E-state index contributed by atoms with van der Waals surface area (Å²) in [5.74, 6) is -0.944. The number of rotatable bonds is 7. The van der Waals surface area contributed by atoms with Crippen LogP contribution >= 0.6 is 0 Å². The number of sulfonamides is 1. The molecule has 1 aromatic rings. The van der Waals surface area contributed by atoms with Crippen molar-refractivity contribution >= 4 is 26.8 Å². The Morgan fingerprint density at radius 1 is 1.57 bits per heavy atom. The van der Waals surface area contributed by atoms with E-state index in [-0.39, 0.29) is 22.4 Å². The summed E-state index contributed by atoms with van der Waals surface area (Å²) in [6.07, 6.45) is 4.57. The van der Waals surface area contributed by atoms with Crippen molar-refractivity contribution in [3.63, 3.8) is 0 Å². The Balaban J connectivity index is 2.26. The number of hydrogen-bond donors (Lipinski definition) is 2. The monoisotopic (exact) mass is 334 g/mol. The molecule has 1 aliphatic carbocycles. The minimum atomic E-state index is -3.81. The Morgan fingerprint density at radius 3 is 2.67 bits per heavy atom. The van der Waals surface area contributed by atoms with Crippen LogP contribution in [0.1, 0.15) is 36.3 Å². The molecule has 2 unspecified atom stereocenters. The van der Waals surface area contributed by atoms with Crippen molar-refractivity contribution < 1.29 is 22.5 Å². The number of nitrogens with one attached hydrogen (secondary N) is 1. The molecule has 2 N–H and O–H groups in total. The molecule has 1 saturated carbocycles. The van der Waals surface area contributed by atoms with Gasteiger partial charge in [0.05, 0.1) is 0 Å². The molecule has 0 bridgehead atoms. The number of carboxylic acid groups (broad SMARTS) is 1. The Hall–Kier alpha value is -1.19. The van der Waals surface area contributed by atoms with Crippen LogP contribution in [0.25, 0.3) is 0 Å². The van der Waals surface area contributed by atoms with Crippen molar-refractivity contribution in [2.24, 2.45) is 0 Å². The van der Waals surface area contributed by atoms with Gasteiger partial charge in [0.2, 0.25) is 10.0 Å². The van der Waals surface area contributed by atoms with Gasteiger partial charge in [-0.3, -0.25) is 4.21 Å². The van der Waals surface area contributed by atoms with Crippen LogP contribution in [0, 0.1) is 0 Å². The Kier molecular flexibility index (Phi) is 4.54. The fourth-order valence-electron chi connectivity index (χ4n) is 2.15.